The minimum absolute atomic E-state index is 0.160. The van der Waals surface area contributed by atoms with Crippen LogP contribution in [0.15, 0.2) is 30.5 Å². The summed E-state index contributed by atoms with van der Waals surface area (Å²) in [6.45, 7) is 3.75. The smallest absolute Gasteiger partial charge is 0.278 e. The Balaban J connectivity index is 2.03. The number of hydrogen-bond acceptors (Lipinski definition) is 3. The van der Waals surface area contributed by atoms with Gasteiger partial charge in [-0.05, 0) is 43.2 Å². The van der Waals surface area contributed by atoms with Crippen LogP contribution in [-0.2, 0) is 6.18 Å². The van der Waals surface area contributed by atoms with E-state index in [0.29, 0.717) is 5.69 Å². The molecular formula is C16H12F3N5. The van der Waals surface area contributed by atoms with Crippen LogP contribution in [0.3, 0.4) is 0 Å². The predicted octanol–water partition coefficient (Wildman–Crippen LogP) is 3.91. The number of benzene rings is 1. The lowest BCUT2D eigenvalue weighted by Gasteiger charge is -2.10. The molecule has 3 heterocycles. The van der Waals surface area contributed by atoms with Crippen LogP contribution < -0.4 is 0 Å². The zero-order chi connectivity index (χ0) is 17.1. The number of alkyl halides is 3. The van der Waals surface area contributed by atoms with Gasteiger partial charge in [-0.2, -0.15) is 18.3 Å². The molecule has 122 valence electrons. The fraction of sp³-hybridized carbons (Fsp3) is 0.188. The molecule has 3 aromatic heterocycles. The van der Waals surface area contributed by atoms with Crippen LogP contribution in [0.1, 0.15) is 17.0 Å². The zero-order valence-corrected chi connectivity index (χ0v) is 12.8. The number of nitrogens with zero attached hydrogens (tertiary/aromatic N) is 4. The van der Waals surface area contributed by atoms with Gasteiger partial charge in [0.05, 0.1) is 17.4 Å². The lowest BCUT2D eigenvalue weighted by molar-refractivity contribution is -0.144. The van der Waals surface area contributed by atoms with Crippen molar-refractivity contribution in [2.75, 3.05) is 0 Å². The second-order valence-electron chi connectivity index (χ2n) is 5.70. The van der Waals surface area contributed by atoms with Crippen molar-refractivity contribution in [2.24, 2.45) is 0 Å². The van der Waals surface area contributed by atoms with Crippen molar-refractivity contribution in [3.8, 4) is 11.3 Å². The lowest BCUT2D eigenvalue weighted by Crippen LogP contribution is -2.08. The molecule has 0 spiro atoms. The number of halogens is 3. The molecule has 0 radical (unpaired) electrons. The summed E-state index contributed by atoms with van der Waals surface area (Å²) in [7, 11) is 0. The summed E-state index contributed by atoms with van der Waals surface area (Å²) in [4.78, 5) is 3.59. The van der Waals surface area contributed by atoms with Gasteiger partial charge in [0, 0.05) is 10.9 Å². The average molecular weight is 331 g/mol. The molecule has 5 nitrogen and oxygen atoms in total. The molecule has 0 unspecified atom stereocenters. The van der Waals surface area contributed by atoms with E-state index < -0.39 is 12.0 Å². The molecule has 1 N–H and O–H groups in total. The first kappa shape index (κ1) is 14.7. The summed E-state index contributed by atoms with van der Waals surface area (Å²) < 4.78 is 40.1. The quantitative estimate of drug-likeness (QED) is 0.575. The Hall–Kier alpha value is -2.90. The van der Waals surface area contributed by atoms with Crippen molar-refractivity contribution in [3.05, 3.63) is 47.4 Å². The molecule has 0 atom stereocenters. The van der Waals surface area contributed by atoms with E-state index >= 15 is 0 Å². The summed E-state index contributed by atoms with van der Waals surface area (Å²) in [5, 5.41) is 11.5. The molecule has 0 aliphatic rings. The highest BCUT2D eigenvalue weighted by Gasteiger charge is 2.36. The van der Waals surface area contributed by atoms with Gasteiger partial charge in [-0.3, -0.25) is 5.10 Å². The normalized spacial score (nSPS) is 12.4. The van der Waals surface area contributed by atoms with Crippen LogP contribution in [-0.4, -0.2) is 24.8 Å². The van der Waals surface area contributed by atoms with E-state index in [9.17, 15) is 13.2 Å². The van der Waals surface area contributed by atoms with Crippen molar-refractivity contribution >= 4 is 16.6 Å². The highest BCUT2D eigenvalue weighted by atomic mass is 19.4. The number of hydrogen-bond donors (Lipinski definition) is 1. The molecule has 4 rings (SSSR count). The Morgan fingerprint density at radius 1 is 1.08 bits per heavy atom. The maximum absolute atomic E-state index is 12.9. The van der Waals surface area contributed by atoms with Gasteiger partial charge in [-0.15, -0.1) is 5.10 Å². The third-order valence-electron chi connectivity index (χ3n) is 3.97. The third kappa shape index (κ3) is 2.14. The lowest BCUT2D eigenvalue weighted by atomic mass is 10.0. The number of aromatic nitrogens is 5. The SMILES string of the molecule is Cc1ccc2nc(C(F)(F)F)nn2c1-c1cc(C)c2[nH]ncc2c1. The van der Waals surface area contributed by atoms with Crippen LogP contribution in [0.5, 0.6) is 0 Å². The monoisotopic (exact) mass is 331 g/mol. The van der Waals surface area contributed by atoms with Crippen molar-refractivity contribution in [1.29, 1.82) is 0 Å². The summed E-state index contributed by atoms with van der Waals surface area (Å²) in [5.41, 5.74) is 4.17. The highest BCUT2D eigenvalue weighted by molar-refractivity contribution is 5.87. The van der Waals surface area contributed by atoms with Crippen LogP contribution in [0, 0.1) is 13.8 Å². The fourth-order valence-electron chi connectivity index (χ4n) is 2.88. The van der Waals surface area contributed by atoms with Gasteiger partial charge in [0.25, 0.3) is 5.82 Å². The van der Waals surface area contributed by atoms with Gasteiger partial charge in [0.2, 0.25) is 0 Å². The van der Waals surface area contributed by atoms with Crippen LogP contribution in [0.4, 0.5) is 13.2 Å². The first-order valence-corrected chi connectivity index (χ1v) is 7.22. The molecule has 0 fully saturated rings. The van der Waals surface area contributed by atoms with Crippen molar-refractivity contribution in [3.63, 3.8) is 0 Å². The Kier molecular flexibility index (Phi) is 2.93. The van der Waals surface area contributed by atoms with Gasteiger partial charge in [0.15, 0.2) is 5.65 Å². The zero-order valence-electron chi connectivity index (χ0n) is 12.8. The molecule has 0 bridgehead atoms. The maximum Gasteiger partial charge on any atom is 0.453 e. The topological polar surface area (TPSA) is 58.9 Å². The maximum atomic E-state index is 12.9. The van der Waals surface area contributed by atoms with Crippen molar-refractivity contribution < 1.29 is 13.2 Å². The van der Waals surface area contributed by atoms with E-state index in [1.807, 2.05) is 26.0 Å². The number of rotatable bonds is 1. The standard InChI is InChI=1S/C16H12F3N5/c1-8-3-4-12-21-15(16(17,18)19)23-24(12)14(8)10-5-9(2)13-11(6-10)7-20-22-13/h3-7H,1-2H3,(H,20,22). The minimum atomic E-state index is -4.58. The highest BCUT2D eigenvalue weighted by Crippen LogP contribution is 2.31. The van der Waals surface area contributed by atoms with Crippen LogP contribution in [0.25, 0.3) is 27.8 Å². The van der Waals surface area contributed by atoms with Crippen molar-refractivity contribution in [1.82, 2.24) is 24.8 Å². The van der Waals surface area contributed by atoms with Gasteiger partial charge in [0.1, 0.15) is 0 Å². The molecule has 24 heavy (non-hydrogen) atoms. The summed E-state index contributed by atoms with van der Waals surface area (Å²) in [6, 6.07) is 7.05. The van der Waals surface area contributed by atoms with Gasteiger partial charge >= 0.3 is 6.18 Å². The Morgan fingerprint density at radius 2 is 1.88 bits per heavy atom. The van der Waals surface area contributed by atoms with Crippen molar-refractivity contribution in [2.45, 2.75) is 20.0 Å². The molecule has 8 heteroatoms. The Morgan fingerprint density at radius 3 is 2.62 bits per heavy atom. The van der Waals surface area contributed by atoms with E-state index in [2.05, 4.69) is 20.3 Å². The molecule has 1 aromatic carbocycles. The van der Waals surface area contributed by atoms with Crippen LogP contribution in [0.2, 0.25) is 0 Å². The second-order valence-corrected chi connectivity index (χ2v) is 5.70. The number of fused-ring (bicyclic) bond motifs is 2. The van der Waals surface area contributed by atoms with E-state index in [1.165, 1.54) is 10.6 Å². The Labute approximate surface area is 134 Å². The summed E-state index contributed by atoms with van der Waals surface area (Å²) in [5.74, 6) is -1.14. The van der Waals surface area contributed by atoms with E-state index in [4.69, 9.17) is 0 Å². The molecule has 0 amide bonds. The second kappa shape index (κ2) is 4.80. The van der Waals surface area contributed by atoms with Gasteiger partial charge < -0.3 is 0 Å². The largest absolute Gasteiger partial charge is 0.453 e. The average Bonchev–Trinajstić information content (AvgIpc) is 3.12. The minimum Gasteiger partial charge on any atom is -0.278 e. The molecule has 0 aliphatic heterocycles. The number of pyridine rings is 1. The molecule has 0 aliphatic carbocycles. The fourth-order valence-corrected chi connectivity index (χ4v) is 2.88. The predicted molar refractivity (Wildman–Crippen MR) is 82.6 cm³/mol. The first-order chi connectivity index (χ1) is 11.3. The number of nitrogens with one attached hydrogen (secondary N) is 1. The van der Waals surface area contributed by atoms with E-state index in [0.717, 1.165) is 27.6 Å². The summed E-state index contributed by atoms with van der Waals surface area (Å²) in [6.07, 6.45) is -2.90. The van der Waals surface area contributed by atoms with Gasteiger partial charge in [-0.25, -0.2) is 9.50 Å². The Bertz CT molecular complexity index is 1070. The number of aromatic amines is 1. The third-order valence-corrected chi connectivity index (χ3v) is 3.97. The molecule has 4 aromatic rings. The number of H-pyrrole nitrogens is 1. The molecule has 0 saturated carbocycles. The molecular weight excluding hydrogens is 319 g/mol. The molecule has 0 saturated heterocycles. The van der Waals surface area contributed by atoms with Crippen LogP contribution >= 0.6 is 0 Å². The van der Waals surface area contributed by atoms with E-state index in [1.54, 1.807) is 12.3 Å². The summed E-state index contributed by atoms with van der Waals surface area (Å²) >= 11 is 0. The first-order valence-electron chi connectivity index (χ1n) is 7.22. The number of aryl methyl sites for hydroxylation is 2. The van der Waals surface area contributed by atoms with Gasteiger partial charge in [-0.1, -0.05) is 6.07 Å². The van der Waals surface area contributed by atoms with E-state index in [-0.39, 0.29) is 5.65 Å².